The molecule has 0 bridgehead atoms. The number of nitrogens with one attached hydrogen (secondary N) is 1. The highest BCUT2D eigenvalue weighted by atomic mass is 16.1. The zero-order valence-electron chi connectivity index (χ0n) is 8.71. The van der Waals surface area contributed by atoms with E-state index in [9.17, 15) is 4.79 Å². The number of carbonyl (C=O) groups excluding carboxylic acids is 1. The summed E-state index contributed by atoms with van der Waals surface area (Å²) in [6.07, 6.45) is 4.70. The fraction of sp³-hybridized carbons (Fsp3) is 0.100. The summed E-state index contributed by atoms with van der Waals surface area (Å²) in [7, 11) is 1.77. The van der Waals surface area contributed by atoms with Crippen LogP contribution in [0.5, 0.6) is 0 Å². The Morgan fingerprint density at radius 3 is 2.94 bits per heavy atom. The first-order chi connectivity index (χ1) is 7.66. The number of pyridine rings is 1. The van der Waals surface area contributed by atoms with Gasteiger partial charge < -0.3 is 11.1 Å². The minimum atomic E-state index is -0.293. The summed E-state index contributed by atoms with van der Waals surface area (Å²) < 4.78 is 1.60. The van der Waals surface area contributed by atoms with Crippen LogP contribution in [0.3, 0.4) is 0 Å². The summed E-state index contributed by atoms with van der Waals surface area (Å²) in [6.45, 7) is 0. The highest BCUT2D eigenvalue weighted by Gasteiger charge is 2.10. The van der Waals surface area contributed by atoms with Gasteiger partial charge in [0.05, 0.1) is 17.4 Å². The van der Waals surface area contributed by atoms with Crippen LogP contribution in [0.25, 0.3) is 0 Å². The predicted molar refractivity (Wildman–Crippen MR) is 59.8 cm³/mol. The van der Waals surface area contributed by atoms with Crippen molar-refractivity contribution in [2.45, 2.75) is 0 Å². The van der Waals surface area contributed by atoms with Crippen molar-refractivity contribution in [3.8, 4) is 0 Å². The van der Waals surface area contributed by atoms with Gasteiger partial charge in [0.1, 0.15) is 0 Å². The molecular formula is C10H11N5O. The van der Waals surface area contributed by atoms with Gasteiger partial charge in [-0.1, -0.05) is 0 Å². The van der Waals surface area contributed by atoms with Crippen LogP contribution in [0.15, 0.2) is 30.7 Å². The van der Waals surface area contributed by atoms with Gasteiger partial charge in [-0.25, -0.2) is 0 Å². The van der Waals surface area contributed by atoms with Crippen LogP contribution >= 0.6 is 0 Å². The molecule has 3 N–H and O–H groups in total. The molecule has 0 aliphatic carbocycles. The van der Waals surface area contributed by atoms with Crippen LogP contribution in [-0.2, 0) is 7.05 Å². The zero-order valence-corrected chi connectivity index (χ0v) is 8.71. The quantitative estimate of drug-likeness (QED) is 0.773. The van der Waals surface area contributed by atoms with Crippen molar-refractivity contribution < 1.29 is 4.79 Å². The fourth-order valence-corrected chi connectivity index (χ4v) is 1.28. The third-order valence-electron chi connectivity index (χ3n) is 2.05. The topological polar surface area (TPSA) is 85.8 Å². The van der Waals surface area contributed by atoms with Crippen molar-refractivity contribution in [3.63, 3.8) is 0 Å². The van der Waals surface area contributed by atoms with Gasteiger partial charge in [-0.15, -0.1) is 0 Å². The fourth-order valence-electron chi connectivity index (χ4n) is 1.28. The number of rotatable bonds is 2. The Balaban J connectivity index is 2.18. The number of nitrogens with two attached hydrogens (primary N) is 1. The summed E-state index contributed by atoms with van der Waals surface area (Å²) in [4.78, 5) is 15.6. The Bertz CT molecular complexity index is 519. The van der Waals surface area contributed by atoms with Gasteiger partial charge in [-0.2, -0.15) is 5.10 Å². The van der Waals surface area contributed by atoms with Gasteiger partial charge >= 0.3 is 0 Å². The Morgan fingerprint density at radius 1 is 1.50 bits per heavy atom. The molecule has 0 saturated heterocycles. The summed E-state index contributed by atoms with van der Waals surface area (Å²) in [5.41, 5.74) is 6.36. The number of amides is 1. The molecule has 0 unspecified atom stereocenters. The van der Waals surface area contributed by atoms with E-state index in [1.807, 2.05) is 0 Å². The van der Waals surface area contributed by atoms with Gasteiger partial charge in [-0.05, 0) is 6.07 Å². The molecule has 6 nitrogen and oxygen atoms in total. The maximum Gasteiger partial charge on any atom is 0.259 e. The van der Waals surface area contributed by atoms with E-state index in [4.69, 9.17) is 5.73 Å². The van der Waals surface area contributed by atoms with Crippen molar-refractivity contribution in [2.24, 2.45) is 7.05 Å². The summed E-state index contributed by atoms with van der Waals surface area (Å²) in [5, 5.41) is 6.68. The van der Waals surface area contributed by atoms with Crippen molar-refractivity contribution in [3.05, 3.63) is 36.3 Å². The number of hydrogen-bond donors (Lipinski definition) is 2. The molecule has 0 saturated carbocycles. The molecule has 0 aliphatic heterocycles. The molecule has 82 valence electrons. The molecule has 0 fully saturated rings. The third kappa shape index (κ3) is 2.00. The van der Waals surface area contributed by atoms with Gasteiger partial charge in [-0.3, -0.25) is 14.5 Å². The van der Waals surface area contributed by atoms with E-state index < -0.39 is 0 Å². The molecule has 16 heavy (non-hydrogen) atoms. The molecule has 2 rings (SSSR count). The monoisotopic (exact) mass is 217 g/mol. The first kappa shape index (κ1) is 10.2. The van der Waals surface area contributed by atoms with E-state index in [1.165, 1.54) is 12.4 Å². The number of aromatic nitrogens is 3. The smallest absolute Gasteiger partial charge is 0.259 e. The van der Waals surface area contributed by atoms with Crippen LogP contribution in [0.1, 0.15) is 10.4 Å². The van der Waals surface area contributed by atoms with Crippen LogP contribution in [-0.4, -0.2) is 20.7 Å². The molecule has 0 radical (unpaired) electrons. The lowest BCUT2D eigenvalue weighted by Gasteiger charge is -2.03. The lowest BCUT2D eigenvalue weighted by Crippen LogP contribution is -2.14. The second-order valence-corrected chi connectivity index (χ2v) is 3.29. The lowest BCUT2D eigenvalue weighted by atomic mass is 10.2. The number of carbonyl (C=O) groups is 1. The van der Waals surface area contributed by atoms with Gasteiger partial charge in [0.2, 0.25) is 0 Å². The second kappa shape index (κ2) is 4.01. The third-order valence-corrected chi connectivity index (χ3v) is 2.05. The largest absolute Gasteiger partial charge is 0.397 e. The minimum Gasteiger partial charge on any atom is -0.397 e. The second-order valence-electron chi connectivity index (χ2n) is 3.29. The molecule has 6 heteroatoms. The van der Waals surface area contributed by atoms with E-state index in [1.54, 1.807) is 30.1 Å². The normalized spacial score (nSPS) is 10.1. The van der Waals surface area contributed by atoms with Crippen LogP contribution < -0.4 is 11.1 Å². The summed E-state index contributed by atoms with van der Waals surface area (Å²) in [5.74, 6) is 0.197. The standard InChI is InChI=1S/C10H11N5O/c1-15-5-3-9(14-15)13-10(16)7-2-4-12-6-8(7)11/h2-6H,11H2,1H3,(H,13,14,16). The number of nitrogen functional groups attached to an aromatic ring is 1. The summed E-state index contributed by atoms with van der Waals surface area (Å²) >= 11 is 0. The molecular weight excluding hydrogens is 206 g/mol. The average molecular weight is 217 g/mol. The molecule has 2 aromatic heterocycles. The Hall–Kier alpha value is -2.37. The van der Waals surface area contributed by atoms with Gasteiger partial charge in [0.25, 0.3) is 5.91 Å². The SMILES string of the molecule is Cn1ccc(NC(=O)c2ccncc2N)n1. The van der Waals surface area contributed by atoms with Crippen LogP contribution in [0.2, 0.25) is 0 Å². The first-order valence-corrected chi connectivity index (χ1v) is 4.67. The Morgan fingerprint density at radius 2 is 2.31 bits per heavy atom. The maximum absolute atomic E-state index is 11.8. The molecule has 0 aromatic carbocycles. The summed E-state index contributed by atoms with van der Waals surface area (Å²) in [6, 6.07) is 3.27. The molecule has 2 heterocycles. The molecule has 1 amide bonds. The van der Waals surface area contributed by atoms with E-state index in [0.29, 0.717) is 17.1 Å². The average Bonchev–Trinajstić information content (AvgIpc) is 2.64. The molecule has 0 aliphatic rings. The zero-order chi connectivity index (χ0) is 11.5. The van der Waals surface area contributed by atoms with Gasteiger partial charge in [0.15, 0.2) is 5.82 Å². The van der Waals surface area contributed by atoms with E-state index in [-0.39, 0.29) is 5.91 Å². The highest BCUT2D eigenvalue weighted by Crippen LogP contribution is 2.11. The minimum absolute atomic E-state index is 0.293. The number of aryl methyl sites for hydroxylation is 1. The molecule has 0 spiro atoms. The number of anilines is 2. The first-order valence-electron chi connectivity index (χ1n) is 4.67. The van der Waals surface area contributed by atoms with E-state index in [2.05, 4.69) is 15.4 Å². The number of hydrogen-bond acceptors (Lipinski definition) is 4. The molecule has 0 atom stereocenters. The van der Waals surface area contributed by atoms with Crippen molar-refractivity contribution in [2.75, 3.05) is 11.1 Å². The Kier molecular flexibility index (Phi) is 2.55. The highest BCUT2D eigenvalue weighted by molar-refractivity contribution is 6.07. The van der Waals surface area contributed by atoms with Crippen LogP contribution in [0, 0.1) is 0 Å². The predicted octanol–water partition coefficient (Wildman–Crippen LogP) is 0.650. The molecule has 2 aromatic rings. The Labute approximate surface area is 92.1 Å². The maximum atomic E-state index is 11.8. The van der Waals surface area contributed by atoms with Crippen molar-refractivity contribution in [1.29, 1.82) is 0 Å². The lowest BCUT2D eigenvalue weighted by molar-refractivity contribution is 0.102. The number of nitrogens with zero attached hydrogens (tertiary/aromatic N) is 3. The van der Waals surface area contributed by atoms with Crippen molar-refractivity contribution >= 4 is 17.4 Å². The van der Waals surface area contributed by atoms with E-state index in [0.717, 1.165) is 0 Å². The van der Waals surface area contributed by atoms with Crippen molar-refractivity contribution in [1.82, 2.24) is 14.8 Å². The van der Waals surface area contributed by atoms with Gasteiger partial charge in [0, 0.05) is 25.5 Å². The van der Waals surface area contributed by atoms with Crippen LogP contribution in [0.4, 0.5) is 11.5 Å². The van der Waals surface area contributed by atoms with E-state index >= 15 is 0 Å².